The first kappa shape index (κ1) is 23.1. The highest BCUT2D eigenvalue weighted by Gasteiger charge is 2.16. The van der Waals surface area contributed by atoms with E-state index in [0.29, 0.717) is 6.17 Å². The maximum atomic E-state index is 5.65. The number of hydrogen-bond donors (Lipinski definition) is 2. The van der Waals surface area contributed by atoms with E-state index in [1.165, 1.54) is 96.3 Å². The maximum absolute atomic E-state index is 5.65. The van der Waals surface area contributed by atoms with Gasteiger partial charge in [-0.15, -0.1) is 0 Å². The fourth-order valence-corrected chi connectivity index (χ4v) is 3.66. The second-order valence-corrected chi connectivity index (χ2v) is 7.75. The van der Waals surface area contributed by atoms with Gasteiger partial charge >= 0.3 is 0 Å². The lowest BCUT2D eigenvalue weighted by Crippen LogP contribution is -2.37. The number of rotatable bonds is 18. The molecule has 3 nitrogen and oxygen atoms in total. The second kappa shape index (κ2) is 17.5. The molecule has 1 heterocycles. The molecule has 0 amide bonds. The van der Waals surface area contributed by atoms with E-state index in [-0.39, 0.29) is 0 Å². The van der Waals surface area contributed by atoms with Crippen molar-refractivity contribution in [3.63, 3.8) is 0 Å². The van der Waals surface area contributed by atoms with Crippen molar-refractivity contribution in [1.29, 1.82) is 0 Å². The fraction of sp³-hybridized carbons (Fsp3) is 0.826. The van der Waals surface area contributed by atoms with Crippen LogP contribution in [0.4, 0.5) is 0 Å². The van der Waals surface area contributed by atoms with Crippen LogP contribution in [0.3, 0.4) is 0 Å². The molecular formula is C23H45N3. The van der Waals surface area contributed by atoms with Crippen LogP contribution in [0.1, 0.15) is 103 Å². The van der Waals surface area contributed by atoms with Crippen LogP contribution in [0, 0.1) is 0 Å². The molecule has 0 aromatic heterocycles. The normalized spacial score (nSPS) is 16.7. The minimum absolute atomic E-state index is 0.480. The number of allylic oxidation sites excluding steroid dienone is 2. The van der Waals surface area contributed by atoms with E-state index >= 15 is 0 Å². The van der Waals surface area contributed by atoms with Crippen molar-refractivity contribution in [2.45, 2.75) is 109 Å². The smallest absolute Gasteiger partial charge is 0.0981 e. The van der Waals surface area contributed by atoms with Crippen molar-refractivity contribution < 1.29 is 0 Å². The third-order valence-electron chi connectivity index (χ3n) is 5.33. The molecule has 3 heteroatoms. The topological polar surface area (TPSA) is 41.3 Å². The van der Waals surface area contributed by atoms with Gasteiger partial charge in [-0.1, -0.05) is 76.9 Å². The number of nitrogens with zero attached hydrogens (tertiary/aromatic N) is 1. The van der Waals surface area contributed by atoms with Gasteiger partial charge in [0.2, 0.25) is 0 Å². The van der Waals surface area contributed by atoms with Gasteiger partial charge in [0.15, 0.2) is 0 Å². The van der Waals surface area contributed by atoms with E-state index in [9.17, 15) is 0 Å². The Hall–Kier alpha value is -0.960. The van der Waals surface area contributed by atoms with Crippen LogP contribution < -0.4 is 11.1 Å². The van der Waals surface area contributed by atoms with E-state index < -0.39 is 0 Å². The van der Waals surface area contributed by atoms with Gasteiger partial charge in [-0.05, 0) is 38.5 Å². The maximum Gasteiger partial charge on any atom is 0.0981 e. The van der Waals surface area contributed by atoms with E-state index in [0.717, 1.165) is 13.1 Å². The van der Waals surface area contributed by atoms with Crippen LogP contribution in [0.5, 0.6) is 0 Å². The third kappa shape index (κ3) is 12.4. The highest BCUT2D eigenvalue weighted by Crippen LogP contribution is 2.14. The van der Waals surface area contributed by atoms with Crippen molar-refractivity contribution in [2.75, 3.05) is 13.1 Å². The first-order chi connectivity index (χ1) is 12.9. The zero-order valence-corrected chi connectivity index (χ0v) is 17.4. The van der Waals surface area contributed by atoms with Crippen LogP contribution >= 0.6 is 0 Å². The largest absolute Gasteiger partial charge is 0.370 e. The highest BCUT2D eigenvalue weighted by atomic mass is 15.3. The Balaban J connectivity index is 1.79. The summed E-state index contributed by atoms with van der Waals surface area (Å²) in [6, 6.07) is 0. The first-order valence-electron chi connectivity index (χ1n) is 11.4. The van der Waals surface area contributed by atoms with Gasteiger partial charge in [0.25, 0.3) is 0 Å². The lowest BCUT2D eigenvalue weighted by molar-refractivity contribution is 0.264. The Morgan fingerprint density at radius 1 is 0.846 bits per heavy atom. The number of nitrogens with two attached hydrogens (primary N) is 1. The van der Waals surface area contributed by atoms with Crippen molar-refractivity contribution in [3.05, 3.63) is 24.6 Å². The summed E-state index contributed by atoms with van der Waals surface area (Å²) < 4.78 is 0. The Morgan fingerprint density at radius 2 is 1.42 bits per heavy atom. The van der Waals surface area contributed by atoms with Gasteiger partial charge in [-0.2, -0.15) is 0 Å². The van der Waals surface area contributed by atoms with E-state index in [1.54, 1.807) is 0 Å². The first-order valence-corrected chi connectivity index (χ1v) is 11.4. The van der Waals surface area contributed by atoms with Crippen LogP contribution in [0.2, 0.25) is 0 Å². The summed E-state index contributed by atoms with van der Waals surface area (Å²) in [7, 11) is 0. The van der Waals surface area contributed by atoms with E-state index in [4.69, 9.17) is 5.73 Å². The molecule has 0 radical (unpaired) electrons. The standard InChI is InChI=1S/C23H45N3/c1-2-3-4-5-6-7-8-9-10-11-12-13-14-15-16-17-18-23-25-20-22-26(23)21-19-24/h10-11,20,22-23,25H,2-9,12-19,21,24H2,1H3/b11-10+. The Morgan fingerprint density at radius 3 is 2.04 bits per heavy atom. The lowest BCUT2D eigenvalue weighted by atomic mass is 10.1. The molecule has 0 bridgehead atoms. The molecule has 1 aliphatic heterocycles. The monoisotopic (exact) mass is 363 g/mol. The van der Waals surface area contributed by atoms with Crippen LogP contribution in [-0.4, -0.2) is 24.2 Å². The third-order valence-corrected chi connectivity index (χ3v) is 5.33. The molecule has 1 rings (SSSR count). The summed E-state index contributed by atoms with van der Waals surface area (Å²) in [5.41, 5.74) is 5.65. The molecule has 0 spiro atoms. The number of nitrogens with one attached hydrogen (secondary N) is 1. The Kier molecular flexibility index (Phi) is 15.5. The molecule has 0 aromatic carbocycles. The molecule has 1 atom stereocenters. The number of unbranched alkanes of at least 4 members (excludes halogenated alkanes) is 12. The van der Waals surface area contributed by atoms with Crippen LogP contribution in [-0.2, 0) is 0 Å². The molecule has 0 saturated heterocycles. The average Bonchev–Trinajstić information content (AvgIpc) is 3.09. The second-order valence-electron chi connectivity index (χ2n) is 7.75. The van der Waals surface area contributed by atoms with E-state index in [1.807, 2.05) is 0 Å². The van der Waals surface area contributed by atoms with Gasteiger partial charge in [-0.3, -0.25) is 0 Å². The van der Waals surface area contributed by atoms with E-state index in [2.05, 4.69) is 41.7 Å². The molecule has 26 heavy (non-hydrogen) atoms. The molecule has 1 unspecified atom stereocenters. The molecule has 152 valence electrons. The zero-order valence-electron chi connectivity index (χ0n) is 17.4. The van der Waals surface area contributed by atoms with Gasteiger partial charge < -0.3 is 16.0 Å². The Labute approximate surface area is 163 Å². The van der Waals surface area contributed by atoms with Gasteiger partial charge in [0.1, 0.15) is 0 Å². The summed E-state index contributed by atoms with van der Waals surface area (Å²) >= 11 is 0. The average molecular weight is 364 g/mol. The summed E-state index contributed by atoms with van der Waals surface area (Å²) in [6.45, 7) is 3.97. The lowest BCUT2D eigenvalue weighted by Gasteiger charge is -2.25. The summed E-state index contributed by atoms with van der Waals surface area (Å²) in [5.74, 6) is 0. The van der Waals surface area contributed by atoms with Crippen molar-refractivity contribution >= 4 is 0 Å². The predicted molar refractivity (Wildman–Crippen MR) is 116 cm³/mol. The molecule has 1 aliphatic rings. The quantitative estimate of drug-likeness (QED) is 0.229. The molecule has 3 N–H and O–H groups in total. The Bertz CT molecular complexity index is 351. The molecular weight excluding hydrogens is 318 g/mol. The molecule has 0 aliphatic carbocycles. The SMILES string of the molecule is CCCCCCCCC/C=C/CCCCCCCC1NC=CN1CCN. The molecule has 0 fully saturated rings. The molecule has 0 aromatic rings. The van der Waals surface area contributed by atoms with Gasteiger partial charge in [0.05, 0.1) is 6.17 Å². The van der Waals surface area contributed by atoms with Crippen LogP contribution in [0.25, 0.3) is 0 Å². The zero-order chi connectivity index (χ0) is 18.7. The number of hydrogen-bond acceptors (Lipinski definition) is 3. The molecule has 0 saturated carbocycles. The summed E-state index contributed by atoms with van der Waals surface area (Å²) in [4.78, 5) is 2.33. The minimum atomic E-state index is 0.480. The van der Waals surface area contributed by atoms with Gasteiger partial charge in [0, 0.05) is 25.5 Å². The highest BCUT2D eigenvalue weighted by molar-refractivity contribution is 4.94. The minimum Gasteiger partial charge on any atom is -0.370 e. The van der Waals surface area contributed by atoms with Crippen molar-refractivity contribution in [1.82, 2.24) is 10.2 Å². The predicted octanol–water partition coefficient (Wildman–Crippen LogP) is 6.08. The van der Waals surface area contributed by atoms with Gasteiger partial charge in [-0.25, -0.2) is 0 Å². The van der Waals surface area contributed by atoms with Crippen molar-refractivity contribution in [3.8, 4) is 0 Å². The summed E-state index contributed by atoms with van der Waals surface area (Å²) in [5, 5.41) is 3.42. The van der Waals surface area contributed by atoms with Crippen molar-refractivity contribution in [2.24, 2.45) is 5.73 Å². The summed E-state index contributed by atoms with van der Waals surface area (Å²) in [6.07, 6.45) is 30.0. The fourth-order valence-electron chi connectivity index (χ4n) is 3.66. The van der Waals surface area contributed by atoms with Crippen LogP contribution in [0.15, 0.2) is 24.6 Å².